The van der Waals surface area contributed by atoms with Crippen LogP contribution in [0.3, 0.4) is 0 Å². The molecule has 0 spiro atoms. The number of hydrogen-bond acceptors (Lipinski definition) is 3. The molecule has 3 aromatic carbocycles. The summed E-state index contributed by atoms with van der Waals surface area (Å²) in [6, 6.07) is 21.8. The number of esters is 1. The van der Waals surface area contributed by atoms with Crippen LogP contribution in [0, 0.1) is 0 Å². The van der Waals surface area contributed by atoms with Crippen molar-refractivity contribution in [3.63, 3.8) is 0 Å². The molecule has 0 aliphatic carbocycles. The van der Waals surface area contributed by atoms with Gasteiger partial charge in [0.15, 0.2) is 0 Å². The van der Waals surface area contributed by atoms with E-state index in [1.54, 1.807) is 32.2 Å². The van der Waals surface area contributed by atoms with Gasteiger partial charge in [-0.1, -0.05) is 67.8 Å². The predicted octanol–water partition coefficient (Wildman–Crippen LogP) is 6.71. The van der Waals surface area contributed by atoms with Crippen LogP contribution in [-0.4, -0.2) is 13.1 Å². The van der Waals surface area contributed by atoms with Gasteiger partial charge in [-0.15, -0.1) is 0 Å². The van der Waals surface area contributed by atoms with Crippen molar-refractivity contribution in [2.24, 2.45) is 0 Å². The number of benzene rings is 3. The molecule has 3 nitrogen and oxygen atoms in total. The highest BCUT2D eigenvalue weighted by molar-refractivity contribution is 5.89. The van der Waals surface area contributed by atoms with Gasteiger partial charge in [0, 0.05) is 5.57 Å². The van der Waals surface area contributed by atoms with E-state index in [4.69, 9.17) is 9.47 Å². The Bertz CT molecular complexity index is 1090. The third kappa shape index (κ3) is 4.95. The third-order valence-electron chi connectivity index (χ3n) is 4.61. The topological polar surface area (TPSA) is 35.5 Å². The van der Waals surface area contributed by atoms with Crippen LogP contribution in [0.15, 0.2) is 97.6 Å². The fourth-order valence-electron chi connectivity index (χ4n) is 2.99. The first-order chi connectivity index (χ1) is 14.5. The maximum atomic E-state index is 11.7. The van der Waals surface area contributed by atoms with Crippen molar-refractivity contribution < 1.29 is 14.3 Å². The summed E-state index contributed by atoms with van der Waals surface area (Å²) in [6.07, 6.45) is 5.72. The maximum Gasteiger partial charge on any atom is 0.338 e. The Morgan fingerprint density at radius 3 is 2.07 bits per heavy atom. The zero-order valence-electron chi connectivity index (χ0n) is 17.2. The lowest BCUT2D eigenvalue weighted by Crippen LogP contribution is -2.07. The predicted molar refractivity (Wildman–Crippen MR) is 124 cm³/mol. The first kappa shape index (κ1) is 20.9. The number of rotatable bonds is 7. The molecule has 0 aromatic heterocycles. The van der Waals surface area contributed by atoms with Gasteiger partial charge in [-0.3, -0.25) is 0 Å². The summed E-state index contributed by atoms with van der Waals surface area (Å²) in [5.41, 5.74) is 5.76. The number of allylic oxidation sites excluding steroid dienone is 2. The van der Waals surface area contributed by atoms with Crippen LogP contribution in [0.5, 0.6) is 11.5 Å². The first-order valence-corrected chi connectivity index (χ1v) is 9.57. The molecular weight excluding hydrogens is 372 g/mol. The largest absolute Gasteiger partial charge is 0.497 e. The zero-order chi connectivity index (χ0) is 21.5. The fourth-order valence-corrected chi connectivity index (χ4v) is 2.99. The van der Waals surface area contributed by atoms with Gasteiger partial charge in [-0.2, -0.15) is 0 Å². The molecule has 0 fully saturated rings. The molecule has 150 valence electrons. The molecule has 0 heterocycles. The maximum absolute atomic E-state index is 11.7. The Kier molecular flexibility index (Phi) is 6.66. The summed E-state index contributed by atoms with van der Waals surface area (Å²) in [6.45, 7) is 9.00. The number of methoxy groups -OCH3 is 1. The van der Waals surface area contributed by atoms with Gasteiger partial charge in [0.25, 0.3) is 0 Å². The zero-order valence-corrected chi connectivity index (χ0v) is 17.2. The number of carbonyl (C=O) groups is 1. The molecule has 0 aliphatic heterocycles. The Hall–Kier alpha value is -3.85. The van der Waals surface area contributed by atoms with Crippen LogP contribution in [0.25, 0.3) is 28.3 Å². The van der Waals surface area contributed by atoms with Crippen molar-refractivity contribution in [3.8, 4) is 33.8 Å². The highest BCUT2D eigenvalue weighted by atomic mass is 16.5. The second-order valence-electron chi connectivity index (χ2n) is 6.82. The minimum Gasteiger partial charge on any atom is -0.497 e. The molecule has 3 rings (SSSR count). The molecule has 3 heteroatoms. The van der Waals surface area contributed by atoms with E-state index in [-0.39, 0.29) is 0 Å². The van der Waals surface area contributed by atoms with E-state index in [1.807, 2.05) is 48.6 Å². The van der Waals surface area contributed by atoms with E-state index >= 15 is 0 Å². The van der Waals surface area contributed by atoms with Gasteiger partial charge >= 0.3 is 5.97 Å². The molecule has 0 unspecified atom stereocenters. The molecule has 0 bridgehead atoms. The average molecular weight is 396 g/mol. The van der Waals surface area contributed by atoms with Gasteiger partial charge in [-0.25, -0.2) is 4.79 Å². The van der Waals surface area contributed by atoms with Gasteiger partial charge in [0.2, 0.25) is 0 Å². The molecule has 0 atom stereocenters. The Morgan fingerprint density at radius 2 is 1.47 bits per heavy atom. The summed E-state index contributed by atoms with van der Waals surface area (Å²) in [5.74, 6) is 0.891. The van der Waals surface area contributed by atoms with Crippen LogP contribution >= 0.6 is 0 Å². The van der Waals surface area contributed by atoms with Crippen LogP contribution in [0.2, 0.25) is 0 Å². The second-order valence-corrected chi connectivity index (χ2v) is 6.82. The Morgan fingerprint density at radius 1 is 0.867 bits per heavy atom. The summed E-state index contributed by atoms with van der Waals surface area (Å²) in [7, 11) is 1.66. The summed E-state index contributed by atoms with van der Waals surface area (Å²) in [4.78, 5) is 11.7. The molecule has 0 N–H and O–H groups in total. The van der Waals surface area contributed by atoms with E-state index in [1.165, 1.54) is 0 Å². The highest BCUT2D eigenvalue weighted by Gasteiger charge is 2.08. The van der Waals surface area contributed by atoms with Crippen LogP contribution < -0.4 is 9.47 Å². The lowest BCUT2D eigenvalue weighted by Gasteiger charge is -2.11. The van der Waals surface area contributed by atoms with Crippen molar-refractivity contribution in [2.75, 3.05) is 7.11 Å². The lowest BCUT2D eigenvalue weighted by molar-refractivity contribution is -0.130. The van der Waals surface area contributed by atoms with Gasteiger partial charge < -0.3 is 9.47 Å². The number of carbonyl (C=O) groups excluding carboxylic acids is 1. The molecule has 0 saturated carbocycles. The highest BCUT2D eigenvalue weighted by Crippen LogP contribution is 2.31. The molecule has 0 saturated heterocycles. The third-order valence-corrected chi connectivity index (χ3v) is 4.61. The average Bonchev–Trinajstić information content (AvgIpc) is 2.78. The van der Waals surface area contributed by atoms with E-state index < -0.39 is 5.97 Å². The number of hydrogen-bond donors (Lipinski definition) is 0. The molecule has 3 aromatic rings. The molecular formula is C27H24O3. The van der Waals surface area contributed by atoms with E-state index in [9.17, 15) is 4.79 Å². The summed E-state index contributed by atoms with van der Waals surface area (Å²) >= 11 is 0. The first-order valence-electron chi connectivity index (χ1n) is 9.57. The van der Waals surface area contributed by atoms with Crippen LogP contribution in [0.1, 0.15) is 12.5 Å². The standard InChI is InChI=1S/C27H24O3/c1-5-6-7-23-18-22(12-17-26(23)21-10-13-24(29-4)14-11-21)20-8-15-25(16-9-20)30-27(28)19(2)3/h5-18H,1-2H2,3-4H3/b7-6+. The minimum atomic E-state index is -0.427. The minimum absolute atomic E-state index is 0.367. The second kappa shape index (κ2) is 9.57. The van der Waals surface area contributed by atoms with Gasteiger partial charge in [0.1, 0.15) is 11.5 Å². The summed E-state index contributed by atoms with van der Waals surface area (Å²) in [5, 5.41) is 0. The summed E-state index contributed by atoms with van der Waals surface area (Å²) < 4.78 is 10.5. The normalized spacial score (nSPS) is 10.6. The molecule has 0 amide bonds. The Balaban J connectivity index is 1.94. The SMILES string of the molecule is C=C/C=C/c1cc(-c2ccc(OC(=O)C(=C)C)cc2)ccc1-c1ccc(OC)cc1. The quantitative estimate of drug-likeness (QED) is 0.193. The smallest absolute Gasteiger partial charge is 0.338 e. The van der Waals surface area contributed by atoms with Gasteiger partial charge in [-0.05, 0) is 65.1 Å². The van der Waals surface area contributed by atoms with E-state index in [2.05, 4.69) is 31.4 Å². The Labute approximate surface area is 177 Å². The van der Waals surface area contributed by atoms with Gasteiger partial charge in [0.05, 0.1) is 7.11 Å². The molecule has 30 heavy (non-hydrogen) atoms. The van der Waals surface area contributed by atoms with Crippen molar-refractivity contribution in [2.45, 2.75) is 6.92 Å². The van der Waals surface area contributed by atoms with Crippen LogP contribution in [0.4, 0.5) is 0 Å². The van der Waals surface area contributed by atoms with Crippen molar-refractivity contribution >= 4 is 12.0 Å². The van der Waals surface area contributed by atoms with E-state index in [0.717, 1.165) is 33.6 Å². The monoisotopic (exact) mass is 396 g/mol. The van der Waals surface area contributed by atoms with Crippen molar-refractivity contribution in [1.29, 1.82) is 0 Å². The number of ether oxygens (including phenoxy) is 2. The molecule has 0 aliphatic rings. The van der Waals surface area contributed by atoms with Crippen molar-refractivity contribution in [1.82, 2.24) is 0 Å². The fraction of sp³-hybridized carbons (Fsp3) is 0.0741. The van der Waals surface area contributed by atoms with Crippen molar-refractivity contribution in [3.05, 3.63) is 103 Å². The lowest BCUT2D eigenvalue weighted by atomic mass is 9.94. The van der Waals surface area contributed by atoms with Crippen LogP contribution in [-0.2, 0) is 4.79 Å². The van der Waals surface area contributed by atoms with E-state index in [0.29, 0.717) is 11.3 Å². The molecule has 0 radical (unpaired) electrons.